The second kappa shape index (κ2) is 8.57. The van der Waals surface area contributed by atoms with E-state index in [1.165, 1.54) is 0 Å². The molecule has 2 aromatic carbocycles. The van der Waals surface area contributed by atoms with E-state index in [0.717, 1.165) is 36.2 Å². The number of rotatable bonds is 5. The van der Waals surface area contributed by atoms with E-state index in [0.29, 0.717) is 24.8 Å². The molecule has 150 valence electrons. The molecule has 0 N–H and O–H groups in total. The molecular formula is C23H26N4O2. The molecule has 0 spiro atoms. The minimum atomic E-state index is -0.0206. The molecule has 1 fully saturated rings. The highest BCUT2D eigenvalue weighted by Crippen LogP contribution is 2.24. The molecule has 3 aromatic rings. The second-order valence-electron chi connectivity index (χ2n) is 7.63. The van der Waals surface area contributed by atoms with E-state index in [9.17, 15) is 4.79 Å². The first kappa shape index (κ1) is 19.3. The van der Waals surface area contributed by atoms with E-state index in [4.69, 9.17) is 4.52 Å². The molecule has 6 heteroatoms. The van der Waals surface area contributed by atoms with E-state index < -0.39 is 0 Å². The van der Waals surface area contributed by atoms with Crippen LogP contribution in [0.4, 0.5) is 5.69 Å². The van der Waals surface area contributed by atoms with Gasteiger partial charge in [-0.2, -0.15) is 4.98 Å². The number of nitrogens with zero attached hydrogens (tertiary/aromatic N) is 4. The SMILES string of the molecule is Cc1ccccc1-c1noc(CN2CCCC(C(=O)N(C)c3ccccc3)C2)n1. The highest BCUT2D eigenvalue weighted by Gasteiger charge is 2.29. The van der Waals surface area contributed by atoms with Gasteiger partial charge in [0.1, 0.15) is 0 Å². The zero-order chi connectivity index (χ0) is 20.2. The van der Waals surface area contributed by atoms with Gasteiger partial charge in [0, 0.05) is 24.8 Å². The second-order valence-corrected chi connectivity index (χ2v) is 7.63. The predicted molar refractivity (Wildman–Crippen MR) is 112 cm³/mol. The monoisotopic (exact) mass is 390 g/mol. The number of carbonyl (C=O) groups is 1. The van der Waals surface area contributed by atoms with Crippen LogP contribution >= 0.6 is 0 Å². The number of benzene rings is 2. The van der Waals surface area contributed by atoms with E-state index in [2.05, 4.69) is 15.0 Å². The van der Waals surface area contributed by atoms with Crippen LogP contribution in [0.25, 0.3) is 11.4 Å². The molecule has 1 amide bonds. The van der Waals surface area contributed by atoms with E-state index >= 15 is 0 Å². The molecule has 0 saturated carbocycles. The third kappa shape index (κ3) is 4.38. The van der Waals surface area contributed by atoms with E-state index in [1.54, 1.807) is 4.90 Å². The number of piperidine rings is 1. The minimum Gasteiger partial charge on any atom is -0.338 e. The number of hydrogen-bond acceptors (Lipinski definition) is 5. The third-order valence-corrected chi connectivity index (χ3v) is 5.54. The van der Waals surface area contributed by atoms with Crippen LogP contribution in [0.3, 0.4) is 0 Å². The number of hydrogen-bond donors (Lipinski definition) is 0. The Morgan fingerprint density at radius 2 is 1.93 bits per heavy atom. The summed E-state index contributed by atoms with van der Waals surface area (Å²) in [5.74, 6) is 1.35. The van der Waals surface area contributed by atoms with Crippen LogP contribution in [0.15, 0.2) is 59.1 Å². The van der Waals surface area contributed by atoms with Crippen molar-refractivity contribution in [3.63, 3.8) is 0 Å². The van der Waals surface area contributed by atoms with Gasteiger partial charge in [-0.05, 0) is 44.0 Å². The van der Waals surface area contributed by atoms with Crippen molar-refractivity contribution in [2.24, 2.45) is 5.92 Å². The van der Waals surface area contributed by atoms with Crippen molar-refractivity contribution >= 4 is 11.6 Å². The standard InChI is InChI=1S/C23H26N4O2/c1-17-9-6-7-13-20(17)22-24-21(29-25-22)16-27-14-8-10-18(15-27)23(28)26(2)19-11-4-3-5-12-19/h3-7,9,11-13,18H,8,10,14-16H2,1-2H3. The van der Waals surface area contributed by atoms with Gasteiger partial charge in [-0.3, -0.25) is 9.69 Å². The number of carbonyl (C=O) groups excluding carboxylic acids is 1. The number of para-hydroxylation sites is 1. The van der Waals surface area contributed by atoms with Crippen molar-refractivity contribution in [3.05, 3.63) is 66.1 Å². The fourth-order valence-corrected chi connectivity index (χ4v) is 3.90. The number of likely N-dealkylation sites (tertiary alicyclic amines) is 1. The Hall–Kier alpha value is -2.99. The molecule has 1 unspecified atom stereocenters. The molecule has 0 radical (unpaired) electrons. The lowest BCUT2D eigenvalue weighted by Gasteiger charge is -2.33. The van der Waals surface area contributed by atoms with Crippen molar-refractivity contribution in [1.29, 1.82) is 0 Å². The summed E-state index contributed by atoms with van der Waals surface area (Å²) in [6.45, 7) is 4.24. The maximum Gasteiger partial charge on any atom is 0.241 e. The van der Waals surface area contributed by atoms with Crippen LogP contribution < -0.4 is 4.90 Å². The van der Waals surface area contributed by atoms with Gasteiger partial charge >= 0.3 is 0 Å². The Kier molecular flexibility index (Phi) is 5.71. The van der Waals surface area contributed by atoms with Gasteiger partial charge in [0.25, 0.3) is 0 Å². The Morgan fingerprint density at radius 3 is 2.72 bits per heavy atom. The number of aryl methyl sites for hydroxylation is 1. The van der Waals surface area contributed by atoms with Gasteiger partial charge in [-0.1, -0.05) is 47.6 Å². The van der Waals surface area contributed by atoms with Crippen LogP contribution in [-0.2, 0) is 11.3 Å². The third-order valence-electron chi connectivity index (χ3n) is 5.54. The van der Waals surface area contributed by atoms with Crippen molar-refractivity contribution in [2.75, 3.05) is 25.0 Å². The fourth-order valence-electron chi connectivity index (χ4n) is 3.90. The smallest absolute Gasteiger partial charge is 0.241 e. The highest BCUT2D eigenvalue weighted by molar-refractivity contribution is 5.94. The van der Waals surface area contributed by atoms with Crippen molar-refractivity contribution in [3.8, 4) is 11.4 Å². The van der Waals surface area contributed by atoms with E-state index in [-0.39, 0.29) is 11.8 Å². The van der Waals surface area contributed by atoms with Crippen LogP contribution in [0, 0.1) is 12.8 Å². The maximum atomic E-state index is 13.0. The summed E-state index contributed by atoms with van der Waals surface area (Å²) in [4.78, 5) is 21.5. The molecule has 1 saturated heterocycles. The molecule has 1 atom stereocenters. The first-order chi connectivity index (χ1) is 14.1. The average molecular weight is 390 g/mol. The summed E-state index contributed by atoms with van der Waals surface area (Å²) in [7, 11) is 1.85. The zero-order valence-electron chi connectivity index (χ0n) is 16.9. The first-order valence-electron chi connectivity index (χ1n) is 10.1. The summed E-state index contributed by atoms with van der Waals surface area (Å²) < 4.78 is 5.49. The largest absolute Gasteiger partial charge is 0.338 e. The quantitative estimate of drug-likeness (QED) is 0.661. The number of anilines is 1. The van der Waals surface area contributed by atoms with E-state index in [1.807, 2.05) is 68.6 Å². The Labute approximate surface area is 171 Å². The molecule has 2 heterocycles. The van der Waals surface area contributed by atoms with Crippen molar-refractivity contribution in [1.82, 2.24) is 15.0 Å². The van der Waals surface area contributed by atoms with Crippen molar-refractivity contribution < 1.29 is 9.32 Å². The lowest BCUT2D eigenvalue weighted by atomic mass is 9.96. The summed E-state index contributed by atoms with van der Waals surface area (Å²) >= 11 is 0. The van der Waals surface area contributed by atoms with Crippen LogP contribution in [0.1, 0.15) is 24.3 Å². The van der Waals surface area contributed by atoms with Crippen LogP contribution in [0.5, 0.6) is 0 Å². The molecule has 1 aliphatic heterocycles. The van der Waals surface area contributed by atoms with Gasteiger partial charge in [0.2, 0.25) is 17.6 Å². The van der Waals surface area contributed by atoms with Gasteiger partial charge in [0.05, 0.1) is 12.5 Å². The molecule has 1 aliphatic rings. The Morgan fingerprint density at radius 1 is 1.17 bits per heavy atom. The van der Waals surface area contributed by atoms with Crippen LogP contribution in [-0.4, -0.2) is 41.1 Å². The number of aromatic nitrogens is 2. The Balaban J connectivity index is 1.40. The lowest BCUT2D eigenvalue weighted by Crippen LogP contribution is -2.43. The summed E-state index contributed by atoms with van der Waals surface area (Å²) in [6, 6.07) is 17.8. The maximum absolute atomic E-state index is 13.0. The summed E-state index contributed by atoms with van der Waals surface area (Å²) in [5, 5.41) is 4.15. The summed E-state index contributed by atoms with van der Waals surface area (Å²) in [5.41, 5.74) is 3.03. The Bertz CT molecular complexity index is 970. The van der Waals surface area contributed by atoms with Gasteiger partial charge in [-0.25, -0.2) is 0 Å². The lowest BCUT2D eigenvalue weighted by molar-refractivity contribution is -0.123. The average Bonchev–Trinajstić information content (AvgIpc) is 3.22. The van der Waals surface area contributed by atoms with Crippen molar-refractivity contribution in [2.45, 2.75) is 26.3 Å². The van der Waals surface area contributed by atoms with Gasteiger partial charge in [-0.15, -0.1) is 0 Å². The predicted octanol–water partition coefficient (Wildman–Crippen LogP) is 3.92. The molecule has 29 heavy (non-hydrogen) atoms. The molecular weight excluding hydrogens is 364 g/mol. The zero-order valence-corrected chi connectivity index (χ0v) is 16.9. The van der Waals surface area contributed by atoms with Gasteiger partial charge < -0.3 is 9.42 Å². The molecule has 6 nitrogen and oxygen atoms in total. The minimum absolute atomic E-state index is 0.0206. The molecule has 1 aromatic heterocycles. The molecule has 0 aliphatic carbocycles. The molecule has 4 rings (SSSR count). The molecule has 0 bridgehead atoms. The highest BCUT2D eigenvalue weighted by atomic mass is 16.5. The number of amides is 1. The normalized spacial score (nSPS) is 17.2. The van der Waals surface area contributed by atoms with Gasteiger partial charge in [0.15, 0.2) is 0 Å². The summed E-state index contributed by atoms with van der Waals surface area (Å²) in [6.07, 6.45) is 1.89. The topological polar surface area (TPSA) is 62.5 Å². The first-order valence-corrected chi connectivity index (χ1v) is 10.1. The van der Waals surface area contributed by atoms with Crippen LogP contribution in [0.2, 0.25) is 0 Å². The fraction of sp³-hybridized carbons (Fsp3) is 0.348.